The van der Waals surface area contributed by atoms with Crippen molar-refractivity contribution in [3.63, 3.8) is 0 Å². The third-order valence-corrected chi connectivity index (χ3v) is 2.51. The number of nitriles is 1. The van der Waals surface area contributed by atoms with Crippen LogP contribution < -0.4 is 4.74 Å². The van der Waals surface area contributed by atoms with Gasteiger partial charge in [-0.1, -0.05) is 6.92 Å². The van der Waals surface area contributed by atoms with E-state index in [-0.39, 0.29) is 11.3 Å². The fourth-order valence-corrected chi connectivity index (χ4v) is 1.60. The highest BCUT2D eigenvalue weighted by Gasteiger charge is 2.08. The number of rotatable bonds is 3. The van der Waals surface area contributed by atoms with Gasteiger partial charge in [0.2, 0.25) is 5.88 Å². The van der Waals surface area contributed by atoms with Crippen LogP contribution in [0.1, 0.15) is 24.0 Å². The maximum Gasteiger partial charge on any atom is 0.222 e. The molecular weight excluding hydrogens is 245 g/mol. The molecule has 2 rings (SSSR count). The van der Waals surface area contributed by atoms with E-state index in [0.29, 0.717) is 11.7 Å². The number of hydrogen-bond donors (Lipinski definition) is 0. The molecule has 2 aromatic rings. The number of aromatic nitrogens is 2. The molecule has 0 saturated heterocycles. The Hall–Kier alpha value is -2.48. The molecule has 1 aromatic carbocycles. The van der Waals surface area contributed by atoms with Crippen LogP contribution in [-0.2, 0) is 6.42 Å². The van der Waals surface area contributed by atoms with Crippen molar-refractivity contribution in [3.8, 4) is 17.7 Å². The van der Waals surface area contributed by atoms with Crippen LogP contribution in [0, 0.1) is 24.1 Å². The van der Waals surface area contributed by atoms with Gasteiger partial charge in [0.1, 0.15) is 5.82 Å². The van der Waals surface area contributed by atoms with Gasteiger partial charge in [0.05, 0.1) is 11.6 Å². The topological polar surface area (TPSA) is 58.8 Å². The van der Waals surface area contributed by atoms with Crippen LogP contribution in [0.4, 0.5) is 4.39 Å². The molecule has 0 radical (unpaired) electrons. The molecular formula is C14H12FN3O. The molecule has 0 aliphatic rings. The zero-order chi connectivity index (χ0) is 13.8. The summed E-state index contributed by atoms with van der Waals surface area (Å²) in [5.74, 6) is 0.323. The number of halogens is 1. The van der Waals surface area contributed by atoms with Gasteiger partial charge in [0, 0.05) is 11.8 Å². The average Bonchev–Trinajstić information content (AvgIpc) is 2.40. The smallest absolute Gasteiger partial charge is 0.222 e. The minimum absolute atomic E-state index is 0.0409. The molecule has 0 saturated carbocycles. The van der Waals surface area contributed by atoms with Gasteiger partial charge in [-0.25, -0.2) is 9.37 Å². The predicted molar refractivity (Wildman–Crippen MR) is 67.3 cm³/mol. The third kappa shape index (κ3) is 3.05. The number of hydrogen-bond acceptors (Lipinski definition) is 4. The van der Waals surface area contributed by atoms with Crippen molar-refractivity contribution in [1.29, 1.82) is 5.26 Å². The molecule has 0 atom stereocenters. The van der Waals surface area contributed by atoms with E-state index >= 15 is 0 Å². The van der Waals surface area contributed by atoms with E-state index in [2.05, 4.69) is 9.97 Å². The van der Waals surface area contributed by atoms with Crippen LogP contribution >= 0.6 is 0 Å². The first-order chi connectivity index (χ1) is 9.12. The Balaban J connectivity index is 2.31. The summed E-state index contributed by atoms with van der Waals surface area (Å²) in [6.45, 7) is 3.72. The van der Waals surface area contributed by atoms with Crippen molar-refractivity contribution in [2.75, 3.05) is 0 Å². The van der Waals surface area contributed by atoms with Crippen molar-refractivity contribution in [3.05, 3.63) is 47.2 Å². The first kappa shape index (κ1) is 13.0. The van der Waals surface area contributed by atoms with Crippen molar-refractivity contribution < 1.29 is 9.13 Å². The van der Waals surface area contributed by atoms with Crippen molar-refractivity contribution in [2.24, 2.45) is 0 Å². The predicted octanol–water partition coefficient (Wildman–Crippen LogP) is 3.15. The van der Waals surface area contributed by atoms with Gasteiger partial charge in [-0.15, -0.1) is 0 Å². The second-order valence-corrected chi connectivity index (χ2v) is 3.96. The summed E-state index contributed by atoms with van der Waals surface area (Å²) in [5, 5.41) is 8.67. The summed E-state index contributed by atoms with van der Waals surface area (Å²) in [6.07, 6.45) is 0.746. The van der Waals surface area contributed by atoms with Crippen LogP contribution in [0.5, 0.6) is 11.6 Å². The number of nitrogens with zero attached hydrogens (tertiary/aromatic N) is 3. The summed E-state index contributed by atoms with van der Waals surface area (Å²) in [5.41, 5.74) is 1.08. The molecule has 19 heavy (non-hydrogen) atoms. The molecule has 0 unspecified atom stereocenters. The summed E-state index contributed by atoms with van der Waals surface area (Å²) in [7, 11) is 0. The lowest BCUT2D eigenvalue weighted by molar-refractivity contribution is 0.424. The zero-order valence-electron chi connectivity index (χ0n) is 10.6. The van der Waals surface area contributed by atoms with Gasteiger partial charge in [-0.05, 0) is 31.5 Å². The SMILES string of the molecule is CCc1cc(Oc2ccc(C#N)cc2F)nc(C)n1. The molecule has 0 aliphatic carbocycles. The van der Waals surface area contributed by atoms with E-state index in [0.717, 1.165) is 18.2 Å². The molecule has 0 aliphatic heterocycles. The normalized spacial score (nSPS) is 10.0. The lowest BCUT2D eigenvalue weighted by atomic mass is 10.2. The summed E-state index contributed by atoms with van der Waals surface area (Å²) < 4.78 is 19.1. The lowest BCUT2D eigenvalue weighted by Gasteiger charge is -2.07. The Morgan fingerprint density at radius 2 is 2.11 bits per heavy atom. The van der Waals surface area contributed by atoms with E-state index in [1.807, 2.05) is 13.0 Å². The number of aryl methyl sites for hydroxylation is 2. The van der Waals surface area contributed by atoms with Crippen LogP contribution in [0.25, 0.3) is 0 Å². The maximum absolute atomic E-state index is 13.7. The van der Waals surface area contributed by atoms with E-state index in [1.54, 1.807) is 13.0 Å². The Morgan fingerprint density at radius 3 is 2.74 bits per heavy atom. The maximum atomic E-state index is 13.7. The Kier molecular flexibility index (Phi) is 3.71. The molecule has 1 aromatic heterocycles. The minimum atomic E-state index is -0.589. The van der Waals surface area contributed by atoms with Gasteiger partial charge >= 0.3 is 0 Å². The fraction of sp³-hybridized carbons (Fsp3) is 0.214. The van der Waals surface area contributed by atoms with Crippen molar-refractivity contribution >= 4 is 0 Å². The summed E-state index contributed by atoms with van der Waals surface area (Å²) in [6, 6.07) is 7.57. The monoisotopic (exact) mass is 257 g/mol. The van der Waals surface area contributed by atoms with Crippen LogP contribution in [0.3, 0.4) is 0 Å². The molecule has 0 fully saturated rings. The Bertz CT molecular complexity index is 650. The molecule has 5 heteroatoms. The zero-order valence-corrected chi connectivity index (χ0v) is 10.6. The standard InChI is InChI=1S/C14H12FN3O/c1-3-11-7-14(18-9(2)17-11)19-13-5-4-10(8-16)6-12(13)15/h4-7H,3H2,1-2H3. The minimum Gasteiger partial charge on any atom is -0.436 e. The summed E-state index contributed by atoms with van der Waals surface area (Å²) in [4.78, 5) is 8.31. The van der Waals surface area contributed by atoms with Crippen LogP contribution in [0.2, 0.25) is 0 Å². The van der Waals surface area contributed by atoms with Crippen LogP contribution in [0.15, 0.2) is 24.3 Å². The second-order valence-electron chi connectivity index (χ2n) is 3.96. The average molecular weight is 257 g/mol. The quantitative estimate of drug-likeness (QED) is 0.847. The van der Waals surface area contributed by atoms with E-state index in [4.69, 9.17) is 10.00 Å². The molecule has 0 spiro atoms. The van der Waals surface area contributed by atoms with Crippen LogP contribution in [-0.4, -0.2) is 9.97 Å². The van der Waals surface area contributed by atoms with E-state index in [9.17, 15) is 4.39 Å². The Labute approximate surface area is 110 Å². The molecule has 96 valence electrons. The first-order valence-corrected chi connectivity index (χ1v) is 5.84. The molecule has 4 nitrogen and oxygen atoms in total. The lowest BCUT2D eigenvalue weighted by Crippen LogP contribution is -1.98. The van der Waals surface area contributed by atoms with Gasteiger partial charge < -0.3 is 4.74 Å². The molecule has 0 bridgehead atoms. The van der Waals surface area contributed by atoms with Gasteiger partial charge in [0.15, 0.2) is 11.6 Å². The van der Waals surface area contributed by atoms with Gasteiger partial charge in [0.25, 0.3) is 0 Å². The highest BCUT2D eigenvalue weighted by atomic mass is 19.1. The van der Waals surface area contributed by atoms with Crippen molar-refractivity contribution in [1.82, 2.24) is 9.97 Å². The largest absolute Gasteiger partial charge is 0.436 e. The number of benzene rings is 1. The van der Waals surface area contributed by atoms with Gasteiger partial charge in [-0.3, -0.25) is 0 Å². The highest BCUT2D eigenvalue weighted by molar-refractivity contribution is 5.37. The fourth-order valence-electron chi connectivity index (χ4n) is 1.60. The van der Waals surface area contributed by atoms with Crippen molar-refractivity contribution in [2.45, 2.75) is 20.3 Å². The summed E-state index contributed by atoms with van der Waals surface area (Å²) >= 11 is 0. The Morgan fingerprint density at radius 1 is 1.32 bits per heavy atom. The van der Waals surface area contributed by atoms with E-state index in [1.165, 1.54) is 12.1 Å². The first-order valence-electron chi connectivity index (χ1n) is 5.84. The number of ether oxygens (including phenoxy) is 1. The van der Waals surface area contributed by atoms with E-state index < -0.39 is 5.82 Å². The van der Waals surface area contributed by atoms with Gasteiger partial charge in [-0.2, -0.15) is 10.2 Å². The third-order valence-electron chi connectivity index (χ3n) is 2.51. The molecule has 0 amide bonds. The second kappa shape index (κ2) is 5.44. The molecule has 0 N–H and O–H groups in total. The highest BCUT2D eigenvalue weighted by Crippen LogP contribution is 2.24. The molecule has 1 heterocycles.